The molecule has 2 aliphatic rings. The molecular formula is C28H20BrFINO4. The summed E-state index contributed by atoms with van der Waals surface area (Å²) in [7, 11) is 1.33. The standard InChI is InChI=1S/C28H20BrFINO4/c1-14-22(28(34)35-2)23(24-25(32-14)17-8-4-5-9-18(17)26(24)33)16-11-19(29)27(21(31)12-16)36-13-15-7-3-6-10-20(15)30/h3-12,23,32H,13H2,1-2H3/t23-/m1/s1. The van der Waals surface area contributed by atoms with Crippen molar-refractivity contribution in [2.24, 2.45) is 0 Å². The van der Waals surface area contributed by atoms with E-state index in [1.54, 1.807) is 31.2 Å². The van der Waals surface area contributed by atoms with Gasteiger partial charge in [0.25, 0.3) is 0 Å². The van der Waals surface area contributed by atoms with Crippen LogP contribution in [0.2, 0.25) is 0 Å². The number of carbonyl (C=O) groups is 2. The van der Waals surface area contributed by atoms with Crippen LogP contribution in [0.4, 0.5) is 4.39 Å². The lowest BCUT2D eigenvalue weighted by Gasteiger charge is -2.29. The minimum Gasteiger partial charge on any atom is -0.486 e. The van der Waals surface area contributed by atoms with Crippen LogP contribution in [0.25, 0.3) is 5.70 Å². The number of carbonyl (C=O) groups excluding carboxylic acids is 2. The molecule has 0 aromatic heterocycles. The fraction of sp³-hybridized carbons (Fsp3) is 0.143. The van der Waals surface area contributed by atoms with Crippen LogP contribution < -0.4 is 10.1 Å². The average Bonchev–Trinajstić information content (AvgIpc) is 3.14. The molecule has 1 atom stereocenters. The van der Waals surface area contributed by atoms with Crippen LogP contribution in [0.1, 0.15) is 39.9 Å². The molecule has 1 N–H and O–H groups in total. The smallest absolute Gasteiger partial charge is 0.336 e. The van der Waals surface area contributed by atoms with Gasteiger partial charge in [0.1, 0.15) is 18.2 Å². The van der Waals surface area contributed by atoms with Crippen LogP contribution >= 0.6 is 38.5 Å². The lowest BCUT2D eigenvalue weighted by molar-refractivity contribution is -0.136. The lowest BCUT2D eigenvalue weighted by Crippen LogP contribution is -2.29. The number of ketones is 1. The predicted octanol–water partition coefficient (Wildman–Crippen LogP) is 6.51. The van der Waals surface area contributed by atoms with Crippen LogP contribution in [-0.4, -0.2) is 18.9 Å². The first-order valence-corrected chi connectivity index (χ1v) is 13.0. The highest BCUT2D eigenvalue weighted by Gasteiger charge is 2.43. The maximum absolute atomic E-state index is 14.1. The molecule has 5 rings (SSSR count). The van der Waals surface area contributed by atoms with Crippen LogP contribution in [-0.2, 0) is 16.1 Å². The zero-order valence-electron chi connectivity index (χ0n) is 19.3. The van der Waals surface area contributed by atoms with Gasteiger partial charge in [-0.25, -0.2) is 9.18 Å². The summed E-state index contributed by atoms with van der Waals surface area (Å²) in [5.74, 6) is -1.06. The molecular weight excluding hydrogens is 640 g/mol. The SMILES string of the molecule is COC(=O)C1=C(C)NC2=C(C(=O)c3ccccc32)[C@@H]1c1cc(Br)c(OCc2ccccc2F)c(I)c1. The topological polar surface area (TPSA) is 64.6 Å². The van der Waals surface area contributed by atoms with Gasteiger partial charge in [0.15, 0.2) is 5.78 Å². The summed E-state index contributed by atoms with van der Waals surface area (Å²) >= 11 is 5.74. The number of halogens is 3. The van der Waals surface area contributed by atoms with Gasteiger partial charge in [0.2, 0.25) is 0 Å². The minimum absolute atomic E-state index is 0.0590. The molecule has 0 unspecified atom stereocenters. The summed E-state index contributed by atoms with van der Waals surface area (Å²) in [5, 5.41) is 3.28. The fourth-order valence-corrected chi connectivity index (χ4v) is 6.46. The molecule has 0 saturated carbocycles. The van der Waals surface area contributed by atoms with E-state index in [0.29, 0.717) is 43.9 Å². The molecule has 8 heteroatoms. The first kappa shape index (κ1) is 24.7. The third kappa shape index (κ3) is 4.16. The molecule has 3 aromatic carbocycles. The van der Waals surface area contributed by atoms with Crippen LogP contribution in [0.5, 0.6) is 5.75 Å². The number of dihydropyridines is 1. The molecule has 5 nitrogen and oxygen atoms in total. The third-order valence-corrected chi connectivity index (χ3v) is 7.73. The maximum Gasteiger partial charge on any atom is 0.336 e. The number of benzene rings is 3. The van der Waals surface area contributed by atoms with Gasteiger partial charge in [-0.1, -0.05) is 42.5 Å². The van der Waals surface area contributed by atoms with Crippen molar-refractivity contribution >= 4 is 56.0 Å². The summed E-state index contributed by atoms with van der Waals surface area (Å²) in [6.07, 6.45) is 0. The second-order valence-corrected chi connectivity index (χ2v) is 10.5. The number of allylic oxidation sites excluding steroid dienone is 2. The van der Waals surface area contributed by atoms with E-state index in [9.17, 15) is 14.0 Å². The van der Waals surface area contributed by atoms with Crippen LogP contribution in [0.15, 0.2) is 82.0 Å². The number of hydrogen-bond acceptors (Lipinski definition) is 5. The Hall–Kier alpha value is -2.98. The molecule has 1 heterocycles. The maximum atomic E-state index is 14.1. The quantitative estimate of drug-likeness (QED) is 0.250. The van der Waals surface area contributed by atoms with Crippen molar-refractivity contribution in [3.8, 4) is 5.75 Å². The monoisotopic (exact) mass is 659 g/mol. The molecule has 1 aliphatic heterocycles. The Morgan fingerprint density at radius 3 is 2.50 bits per heavy atom. The van der Waals surface area contributed by atoms with E-state index in [0.717, 1.165) is 14.7 Å². The number of Topliss-reactive ketones (excluding diaryl/α,β-unsaturated/α-hetero) is 1. The van der Waals surface area contributed by atoms with Crippen molar-refractivity contribution in [2.45, 2.75) is 19.4 Å². The minimum atomic E-state index is -0.640. The van der Waals surface area contributed by atoms with Crippen molar-refractivity contribution in [2.75, 3.05) is 7.11 Å². The Labute approximate surface area is 229 Å². The van der Waals surface area contributed by atoms with E-state index in [1.807, 2.05) is 30.3 Å². The molecule has 0 radical (unpaired) electrons. The van der Waals surface area contributed by atoms with Crippen molar-refractivity contribution in [3.63, 3.8) is 0 Å². The lowest BCUT2D eigenvalue weighted by atomic mass is 9.80. The highest BCUT2D eigenvalue weighted by Crippen LogP contribution is 2.48. The summed E-state index contributed by atoms with van der Waals surface area (Å²) < 4.78 is 26.5. The van der Waals surface area contributed by atoms with Gasteiger partial charge in [0, 0.05) is 33.9 Å². The molecule has 1 aliphatic carbocycles. The Balaban J connectivity index is 1.59. The average molecular weight is 660 g/mol. The van der Waals surface area contributed by atoms with Crippen molar-refractivity contribution in [1.82, 2.24) is 5.32 Å². The molecule has 0 amide bonds. The predicted molar refractivity (Wildman–Crippen MR) is 146 cm³/mol. The zero-order valence-corrected chi connectivity index (χ0v) is 23.1. The van der Waals surface area contributed by atoms with Gasteiger partial charge in [-0.2, -0.15) is 0 Å². The Kier molecular flexibility index (Phi) is 6.74. The number of nitrogens with one attached hydrogen (secondary N) is 1. The zero-order chi connectivity index (χ0) is 25.6. The Morgan fingerprint density at radius 2 is 1.81 bits per heavy atom. The molecule has 0 spiro atoms. The number of esters is 1. The molecule has 36 heavy (non-hydrogen) atoms. The van der Waals surface area contributed by atoms with Crippen LogP contribution in [0, 0.1) is 9.39 Å². The van der Waals surface area contributed by atoms with Gasteiger partial charge in [-0.15, -0.1) is 0 Å². The number of fused-ring (bicyclic) bond motifs is 2. The van der Waals surface area contributed by atoms with E-state index >= 15 is 0 Å². The van der Waals surface area contributed by atoms with Crippen molar-refractivity contribution < 1.29 is 23.5 Å². The highest BCUT2D eigenvalue weighted by atomic mass is 127. The summed E-state index contributed by atoms with van der Waals surface area (Å²) in [5.41, 5.74) is 4.79. The van der Waals surface area contributed by atoms with Crippen LogP contribution in [0.3, 0.4) is 0 Å². The first-order valence-electron chi connectivity index (χ1n) is 11.1. The number of hydrogen-bond donors (Lipinski definition) is 1. The van der Waals surface area contributed by atoms with Gasteiger partial charge < -0.3 is 14.8 Å². The largest absolute Gasteiger partial charge is 0.486 e. The molecule has 0 saturated heterocycles. The van der Waals surface area contributed by atoms with Gasteiger partial charge in [-0.05, 0) is 69.2 Å². The molecule has 0 fully saturated rings. The third-order valence-electron chi connectivity index (χ3n) is 6.34. The first-order chi connectivity index (χ1) is 17.3. The number of ether oxygens (including phenoxy) is 2. The number of rotatable bonds is 5. The van der Waals surface area contributed by atoms with E-state index < -0.39 is 11.9 Å². The van der Waals surface area contributed by atoms with Crippen molar-refractivity contribution in [1.29, 1.82) is 0 Å². The van der Waals surface area contributed by atoms with Gasteiger partial charge in [-0.3, -0.25) is 4.79 Å². The fourth-order valence-electron chi connectivity index (χ4n) is 4.69. The number of methoxy groups -OCH3 is 1. The Bertz CT molecular complexity index is 1470. The van der Waals surface area contributed by atoms with Gasteiger partial charge in [0.05, 0.1) is 26.4 Å². The van der Waals surface area contributed by atoms with Gasteiger partial charge >= 0.3 is 5.97 Å². The van der Waals surface area contributed by atoms with E-state index in [-0.39, 0.29) is 18.2 Å². The highest BCUT2D eigenvalue weighted by molar-refractivity contribution is 14.1. The van der Waals surface area contributed by atoms with E-state index in [2.05, 4.69) is 43.8 Å². The van der Waals surface area contributed by atoms with E-state index in [1.165, 1.54) is 13.2 Å². The summed E-state index contributed by atoms with van der Waals surface area (Å²) in [6.45, 7) is 1.86. The Morgan fingerprint density at radius 1 is 1.11 bits per heavy atom. The second kappa shape index (κ2) is 9.82. The summed E-state index contributed by atoms with van der Waals surface area (Å²) in [6, 6.07) is 17.6. The molecule has 3 aromatic rings. The second-order valence-electron chi connectivity index (χ2n) is 8.45. The van der Waals surface area contributed by atoms with Crippen molar-refractivity contribution in [3.05, 3.63) is 114 Å². The molecule has 0 bridgehead atoms. The molecule has 182 valence electrons. The summed E-state index contributed by atoms with van der Waals surface area (Å²) in [4.78, 5) is 26.5. The van der Waals surface area contributed by atoms with E-state index in [4.69, 9.17) is 9.47 Å². The normalized spacial score (nSPS) is 16.5.